The molecule has 0 aromatic carbocycles. The van der Waals surface area contributed by atoms with Crippen LogP contribution in [0.5, 0.6) is 0 Å². The average molecular weight is 260 g/mol. The highest BCUT2D eigenvalue weighted by Crippen LogP contribution is 2.33. The number of hydrogen-bond donors (Lipinski definition) is 2. The first-order chi connectivity index (χ1) is 8.52. The van der Waals surface area contributed by atoms with Crippen molar-refractivity contribution < 1.29 is 19.7 Å². The van der Waals surface area contributed by atoms with Crippen LogP contribution in [-0.4, -0.2) is 41.9 Å². The molecule has 3 atom stereocenters. The zero-order chi connectivity index (χ0) is 13.6. The Morgan fingerprint density at radius 2 is 2.11 bits per heavy atom. The molecule has 1 aliphatic rings. The molecule has 0 bridgehead atoms. The van der Waals surface area contributed by atoms with Crippen molar-refractivity contribution in [3.05, 3.63) is 0 Å². The zero-order valence-corrected chi connectivity index (χ0v) is 11.9. The molecule has 0 amide bonds. The molecule has 1 saturated heterocycles. The molecule has 18 heavy (non-hydrogen) atoms. The van der Waals surface area contributed by atoms with Crippen molar-refractivity contribution in [1.82, 2.24) is 0 Å². The van der Waals surface area contributed by atoms with Crippen LogP contribution in [-0.2, 0) is 9.47 Å². The van der Waals surface area contributed by atoms with Crippen LogP contribution >= 0.6 is 0 Å². The van der Waals surface area contributed by atoms with Gasteiger partial charge >= 0.3 is 0 Å². The lowest BCUT2D eigenvalue weighted by atomic mass is 9.78. The van der Waals surface area contributed by atoms with E-state index in [2.05, 4.69) is 0 Å². The van der Waals surface area contributed by atoms with Gasteiger partial charge in [0, 0.05) is 18.6 Å². The number of ether oxygens (including phenoxy) is 2. The highest BCUT2D eigenvalue weighted by atomic mass is 16.7. The van der Waals surface area contributed by atoms with Gasteiger partial charge in [-0.25, -0.2) is 0 Å². The largest absolute Gasteiger partial charge is 0.396 e. The second-order valence-corrected chi connectivity index (χ2v) is 5.68. The second kappa shape index (κ2) is 7.43. The molecule has 1 fully saturated rings. The molecule has 0 radical (unpaired) electrons. The van der Waals surface area contributed by atoms with Crippen LogP contribution in [0.2, 0.25) is 0 Å². The van der Waals surface area contributed by atoms with Crippen LogP contribution in [0, 0.1) is 5.41 Å². The third kappa shape index (κ3) is 4.19. The molecule has 3 unspecified atom stereocenters. The van der Waals surface area contributed by atoms with Crippen molar-refractivity contribution in [2.24, 2.45) is 5.41 Å². The van der Waals surface area contributed by atoms with E-state index in [9.17, 15) is 10.2 Å². The number of hydrogen-bond acceptors (Lipinski definition) is 4. The molecule has 1 rings (SSSR count). The van der Waals surface area contributed by atoms with E-state index in [0.29, 0.717) is 12.8 Å². The first kappa shape index (κ1) is 15.9. The molecule has 2 N–H and O–H groups in total. The maximum absolute atomic E-state index is 10.1. The van der Waals surface area contributed by atoms with Gasteiger partial charge in [-0.15, -0.1) is 0 Å². The summed E-state index contributed by atoms with van der Waals surface area (Å²) in [7, 11) is 0. The van der Waals surface area contributed by atoms with Gasteiger partial charge in [0.15, 0.2) is 6.29 Å². The number of aliphatic hydroxyl groups excluding tert-OH is 2. The lowest BCUT2D eigenvalue weighted by Gasteiger charge is -2.40. The minimum Gasteiger partial charge on any atom is -0.396 e. The van der Waals surface area contributed by atoms with Gasteiger partial charge in [0.25, 0.3) is 0 Å². The molecule has 0 aliphatic carbocycles. The molecule has 1 aliphatic heterocycles. The lowest BCUT2D eigenvalue weighted by molar-refractivity contribution is -0.222. The molecule has 108 valence electrons. The maximum atomic E-state index is 10.1. The van der Waals surface area contributed by atoms with Crippen molar-refractivity contribution in [2.75, 3.05) is 13.2 Å². The van der Waals surface area contributed by atoms with Gasteiger partial charge in [0.05, 0.1) is 12.2 Å². The van der Waals surface area contributed by atoms with Crippen molar-refractivity contribution in [2.45, 2.75) is 71.4 Å². The van der Waals surface area contributed by atoms with Crippen molar-refractivity contribution in [3.8, 4) is 0 Å². The van der Waals surface area contributed by atoms with Crippen molar-refractivity contribution >= 4 is 0 Å². The van der Waals surface area contributed by atoms with Gasteiger partial charge in [-0.1, -0.05) is 20.8 Å². The Bertz CT molecular complexity index is 224. The van der Waals surface area contributed by atoms with E-state index >= 15 is 0 Å². The summed E-state index contributed by atoms with van der Waals surface area (Å²) >= 11 is 0. The fourth-order valence-electron chi connectivity index (χ4n) is 2.48. The van der Waals surface area contributed by atoms with E-state index in [1.165, 1.54) is 0 Å². The summed E-state index contributed by atoms with van der Waals surface area (Å²) in [5.41, 5.74) is -0.377. The maximum Gasteiger partial charge on any atom is 0.157 e. The third-order valence-electron chi connectivity index (χ3n) is 3.92. The van der Waals surface area contributed by atoms with Crippen LogP contribution in [0.3, 0.4) is 0 Å². The number of aliphatic hydroxyl groups is 2. The fraction of sp³-hybridized carbons (Fsp3) is 1.00. The van der Waals surface area contributed by atoms with E-state index < -0.39 is 6.10 Å². The molecule has 0 saturated carbocycles. The molecule has 4 nitrogen and oxygen atoms in total. The second-order valence-electron chi connectivity index (χ2n) is 5.68. The first-order valence-corrected chi connectivity index (χ1v) is 7.08. The topological polar surface area (TPSA) is 58.9 Å². The van der Waals surface area contributed by atoms with Gasteiger partial charge in [0.1, 0.15) is 0 Å². The van der Waals surface area contributed by atoms with Crippen LogP contribution in [0.1, 0.15) is 52.9 Å². The normalized spacial score (nSPS) is 24.8. The van der Waals surface area contributed by atoms with E-state index in [4.69, 9.17) is 9.47 Å². The van der Waals surface area contributed by atoms with E-state index in [1.54, 1.807) is 0 Å². The predicted molar refractivity (Wildman–Crippen MR) is 70.2 cm³/mol. The van der Waals surface area contributed by atoms with Crippen LogP contribution in [0.25, 0.3) is 0 Å². The minimum atomic E-state index is -0.433. The Hall–Kier alpha value is -0.160. The fourth-order valence-corrected chi connectivity index (χ4v) is 2.48. The van der Waals surface area contributed by atoms with Crippen LogP contribution < -0.4 is 0 Å². The first-order valence-electron chi connectivity index (χ1n) is 7.08. The van der Waals surface area contributed by atoms with Crippen molar-refractivity contribution in [1.29, 1.82) is 0 Å². The highest BCUT2D eigenvalue weighted by Gasteiger charge is 2.37. The Balaban J connectivity index is 2.62. The van der Waals surface area contributed by atoms with Gasteiger partial charge in [-0.3, -0.25) is 0 Å². The number of rotatable bonds is 7. The summed E-state index contributed by atoms with van der Waals surface area (Å²) in [5.74, 6) is 0. The predicted octanol–water partition coefficient (Wildman–Crippen LogP) is 2.08. The Labute approximate surface area is 110 Å². The third-order valence-corrected chi connectivity index (χ3v) is 3.92. The molecule has 0 spiro atoms. The standard InChI is InChI=1S/C14H28O4/c1-4-11(16)14(2,3)12(8-9-15)18-13-7-5-6-10-17-13/h11-13,15-16H,4-10H2,1-3H3. The summed E-state index contributed by atoms with van der Waals surface area (Å²) in [4.78, 5) is 0. The van der Waals surface area contributed by atoms with Gasteiger partial charge < -0.3 is 19.7 Å². The van der Waals surface area contributed by atoms with E-state index in [1.807, 2.05) is 20.8 Å². The molecular weight excluding hydrogens is 232 g/mol. The average Bonchev–Trinajstić information content (AvgIpc) is 2.38. The summed E-state index contributed by atoms with van der Waals surface area (Å²) in [6.45, 7) is 6.75. The molecule has 0 aromatic rings. The zero-order valence-electron chi connectivity index (χ0n) is 11.9. The summed E-state index contributed by atoms with van der Waals surface area (Å²) in [6.07, 6.45) is 3.53. The molecule has 1 heterocycles. The monoisotopic (exact) mass is 260 g/mol. The highest BCUT2D eigenvalue weighted by molar-refractivity contribution is 4.86. The van der Waals surface area contributed by atoms with Gasteiger partial charge in [0.2, 0.25) is 0 Å². The molecule has 0 aromatic heterocycles. The van der Waals surface area contributed by atoms with Crippen LogP contribution in [0.15, 0.2) is 0 Å². The van der Waals surface area contributed by atoms with E-state index in [0.717, 1.165) is 25.9 Å². The van der Waals surface area contributed by atoms with E-state index in [-0.39, 0.29) is 24.4 Å². The van der Waals surface area contributed by atoms with Gasteiger partial charge in [-0.05, 0) is 32.1 Å². The van der Waals surface area contributed by atoms with Crippen molar-refractivity contribution in [3.63, 3.8) is 0 Å². The Kier molecular flexibility index (Phi) is 6.57. The summed E-state index contributed by atoms with van der Waals surface area (Å²) < 4.78 is 11.6. The minimum absolute atomic E-state index is 0.0667. The molecular formula is C14H28O4. The SMILES string of the molecule is CCC(O)C(C)(C)C(CCO)OC1CCCCO1. The summed E-state index contributed by atoms with van der Waals surface area (Å²) in [6, 6.07) is 0. The lowest BCUT2D eigenvalue weighted by Crippen LogP contribution is -2.44. The van der Waals surface area contributed by atoms with Crippen LogP contribution in [0.4, 0.5) is 0 Å². The summed E-state index contributed by atoms with van der Waals surface area (Å²) in [5, 5.41) is 19.3. The smallest absolute Gasteiger partial charge is 0.157 e. The quantitative estimate of drug-likeness (QED) is 0.736. The van der Waals surface area contributed by atoms with Gasteiger partial charge in [-0.2, -0.15) is 0 Å². The Morgan fingerprint density at radius 1 is 1.39 bits per heavy atom. The molecule has 4 heteroatoms. The Morgan fingerprint density at radius 3 is 2.61 bits per heavy atom.